The minimum absolute atomic E-state index is 0.00592. The lowest BCUT2D eigenvalue weighted by Crippen LogP contribution is -2.55. The van der Waals surface area contributed by atoms with Crippen LogP contribution in [0.25, 0.3) is 0 Å². The minimum atomic E-state index is -0.00592. The van der Waals surface area contributed by atoms with E-state index < -0.39 is 0 Å². The molecule has 1 aromatic heterocycles. The van der Waals surface area contributed by atoms with Gasteiger partial charge < -0.3 is 9.64 Å². The van der Waals surface area contributed by atoms with E-state index >= 15 is 0 Å². The molecule has 2 aliphatic heterocycles. The van der Waals surface area contributed by atoms with Crippen molar-refractivity contribution in [1.82, 2.24) is 19.6 Å². The fraction of sp³-hybridized carbons (Fsp3) is 0.706. The van der Waals surface area contributed by atoms with E-state index in [0.29, 0.717) is 24.9 Å². The normalized spacial score (nSPS) is 25.8. The first kappa shape index (κ1) is 15.8. The lowest BCUT2D eigenvalue weighted by Gasteiger charge is -2.42. The topological polar surface area (TPSA) is 67.7 Å². The number of nitrogens with zero attached hydrogens (tertiary/aromatic N) is 4. The number of aromatic nitrogens is 2. The highest BCUT2D eigenvalue weighted by molar-refractivity contribution is 5.77. The SMILES string of the molecule is CN1CC(CN2CC(Cn3nc(C4CC4)ccc3=O)C2)OCC1=O. The summed E-state index contributed by atoms with van der Waals surface area (Å²) in [5.41, 5.74) is 1.06. The first-order chi connectivity index (χ1) is 11.6. The first-order valence-corrected chi connectivity index (χ1v) is 8.74. The summed E-state index contributed by atoms with van der Waals surface area (Å²) in [6.07, 6.45) is 2.48. The highest BCUT2D eigenvalue weighted by atomic mass is 16.5. The summed E-state index contributed by atoms with van der Waals surface area (Å²) in [5, 5.41) is 4.53. The molecule has 0 bridgehead atoms. The van der Waals surface area contributed by atoms with Crippen molar-refractivity contribution in [1.29, 1.82) is 0 Å². The molecule has 1 aliphatic carbocycles. The Labute approximate surface area is 141 Å². The molecule has 1 aromatic rings. The zero-order chi connectivity index (χ0) is 16.7. The maximum Gasteiger partial charge on any atom is 0.266 e. The zero-order valence-corrected chi connectivity index (χ0v) is 14.1. The van der Waals surface area contributed by atoms with E-state index in [4.69, 9.17) is 4.74 Å². The number of carbonyl (C=O) groups is 1. The van der Waals surface area contributed by atoms with Crippen LogP contribution in [0.3, 0.4) is 0 Å². The fourth-order valence-corrected chi connectivity index (χ4v) is 3.54. The molecular formula is C17H24N4O3. The van der Waals surface area contributed by atoms with E-state index in [1.54, 1.807) is 15.6 Å². The molecule has 130 valence electrons. The molecule has 4 rings (SSSR count). The molecule has 24 heavy (non-hydrogen) atoms. The summed E-state index contributed by atoms with van der Waals surface area (Å²) in [6.45, 7) is 4.30. The number of ether oxygens (including phenoxy) is 1. The van der Waals surface area contributed by atoms with Gasteiger partial charge in [0.2, 0.25) is 5.91 Å². The summed E-state index contributed by atoms with van der Waals surface area (Å²) in [4.78, 5) is 27.5. The van der Waals surface area contributed by atoms with Crippen LogP contribution in [0.4, 0.5) is 0 Å². The third kappa shape index (κ3) is 3.37. The summed E-state index contributed by atoms with van der Waals surface area (Å²) in [6, 6.07) is 3.53. The average Bonchev–Trinajstić information content (AvgIpc) is 3.35. The van der Waals surface area contributed by atoms with Crippen molar-refractivity contribution in [3.05, 3.63) is 28.2 Å². The first-order valence-electron chi connectivity index (χ1n) is 8.74. The van der Waals surface area contributed by atoms with Crippen molar-refractivity contribution in [2.24, 2.45) is 5.92 Å². The maximum absolute atomic E-state index is 12.0. The van der Waals surface area contributed by atoms with E-state index in [1.165, 1.54) is 12.8 Å². The van der Waals surface area contributed by atoms with Gasteiger partial charge in [0.1, 0.15) is 6.61 Å². The number of likely N-dealkylation sites (N-methyl/N-ethyl adjacent to an activating group) is 1. The second-order valence-electron chi connectivity index (χ2n) is 7.34. The number of hydrogen-bond donors (Lipinski definition) is 0. The van der Waals surface area contributed by atoms with Crippen LogP contribution in [0, 0.1) is 5.92 Å². The molecule has 0 spiro atoms. The van der Waals surface area contributed by atoms with Gasteiger partial charge in [0.25, 0.3) is 5.56 Å². The van der Waals surface area contributed by atoms with Crippen molar-refractivity contribution < 1.29 is 9.53 Å². The predicted octanol–water partition coefficient (Wildman–Crippen LogP) is -0.0903. The summed E-state index contributed by atoms with van der Waals surface area (Å²) in [5.74, 6) is 1.08. The number of hydrogen-bond acceptors (Lipinski definition) is 5. The lowest BCUT2D eigenvalue weighted by molar-refractivity contribution is -0.148. The van der Waals surface area contributed by atoms with E-state index in [0.717, 1.165) is 25.3 Å². The van der Waals surface area contributed by atoms with Gasteiger partial charge in [-0.05, 0) is 18.9 Å². The van der Waals surface area contributed by atoms with Gasteiger partial charge >= 0.3 is 0 Å². The number of rotatable bonds is 5. The van der Waals surface area contributed by atoms with Crippen LogP contribution in [0.15, 0.2) is 16.9 Å². The predicted molar refractivity (Wildman–Crippen MR) is 87.8 cm³/mol. The minimum Gasteiger partial charge on any atom is -0.365 e. The Balaban J connectivity index is 1.27. The monoisotopic (exact) mass is 332 g/mol. The summed E-state index contributed by atoms with van der Waals surface area (Å²) in [7, 11) is 1.82. The Morgan fingerprint density at radius 2 is 1.96 bits per heavy atom. The highest BCUT2D eigenvalue weighted by Gasteiger charge is 2.32. The van der Waals surface area contributed by atoms with Crippen molar-refractivity contribution in [2.75, 3.05) is 39.8 Å². The molecule has 2 saturated heterocycles. The molecule has 3 aliphatic rings. The van der Waals surface area contributed by atoms with Crippen LogP contribution in [-0.2, 0) is 16.1 Å². The third-order valence-corrected chi connectivity index (χ3v) is 5.15. The molecule has 7 nitrogen and oxygen atoms in total. The molecule has 0 aromatic carbocycles. The van der Waals surface area contributed by atoms with Gasteiger partial charge in [-0.1, -0.05) is 0 Å². The second-order valence-corrected chi connectivity index (χ2v) is 7.34. The van der Waals surface area contributed by atoms with Crippen molar-refractivity contribution in [3.8, 4) is 0 Å². The van der Waals surface area contributed by atoms with Crippen LogP contribution in [-0.4, -0.2) is 71.4 Å². The van der Waals surface area contributed by atoms with Gasteiger partial charge in [-0.2, -0.15) is 5.10 Å². The summed E-state index contributed by atoms with van der Waals surface area (Å²) < 4.78 is 7.23. The van der Waals surface area contributed by atoms with Gasteiger partial charge in [-0.3, -0.25) is 14.5 Å². The number of morpholine rings is 1. The van der Waals surface area contributed by atoms with Crippen LogP contribution >= 0.6 is 0 Å². The van der Waals surface area contributed by atoms with Crippen LogP contribution < -0.4 is 5.56 Å². The zero-order valence-electron chi connectivity index (χ0n) is 14.1. The highest BCUT2D eigenvalue weighted by Crippen LogP contribution is 2.38. The van der Waals surface area contributed by atoms with E-state index in [-0.39, 0.29) is 24.2 Å². The Bertz CT molecular complexity index is 679. The third-order valence-electron chi connectivity index (χ3n) is 5.15. The molecule has 3 fully saturated rings. The van der Waals surface area contributed by atoms with Crippen molar-refractivity contribution in [3.63, 3.8) is 0 Å². The molecule has 7 heteroatoms. The largest absolute Gasteiger partial charge is 0.365 e. The molecule has 1 unspecified atom stereocenters. The Hall–Kier alpha value is -1.73. The molecule has 0 N–H and O–H groups in total. The maximum atomic E-state index is 12.0. The average molecular weight is 332 g/mol. The Kier molecular flexibility index (Phi) is 4.14. The van der Waals surface area contributed by atoms with E-state index in [2.05, 4.69) is 10.00 Å². The van der Waals surface area contributed by atoms with Gasteiger partial charge in [-0.15, -0.1) is 0 Å². The van der Waals surface area contributed by atoms with Gasteiger partial charge in [0.15, 0.2) is 0 Å². The number of likely N-dealkylation sites (tertiary alicyclic amines) is 1. The second kappa shape index (κ2) is 6.29. The molecule has 1 atom stereocenters. The van der Waals surface area contributed by atoms with Crippen molar-refractivity contribution in [2.45, 2.75) is 31.4 Å². The number of amides is 1. The molecule has 1 saturated carbocycles. The summed E-state index contributed by atoms with van der Waals surface area (Å²) >= 11 is 0. The van der Waals surface area contributed by atoms with Gasteiger partial charge in [-0.25, -0.2) is 4.68 Å². The number of carbonyl (C=O) groups excluding carboxylic acids is 1. The van der Waals surface area contributed by atoms with Crippen LogP contribution in [0.1, 0.15) is 24.5 Å². The quantitative estimate of drug-likeness (QED) is 0.754. The molecule has 3 heterocycles. The lowest BCUT2D eigenvalue weighted by atomic mass is 9.99. The van der Waals surface area contributed by atoms with E-state index in [1.807, 2.05) is 13.1 Å². The van der Waals surface area contributed by atoms with Crippen molar-refractivity contribution >= 4 is 5.91 Å². The fourth-order valence-electron chi connectivity index (χ4n) is 3.54. The standard InChI is InChI=1S/C17H24N4O3/c1-19-9-14(24-11-17(19)23)10-20-6-12(7-20)8-21-16(22)5-4-15(18-21)13-2-3-13/h4-5,12-14H,2-3,6-11H2,1H3. The van der Waals surface area contributed by atoms with Crippen LogP contribution in [0.2, 0.25) is 0 Å². The molecule has 0 radical (unpaired) electrons. The Morgan fingerprint density at radius 1 is 1.17 bits per heavy atom. The smallest absolute Gasteiger partial charge is 0.266 e. The van der Waals surface area contributed by atoms with E-state index in [9.17, 15) is 9.59 Å². The van der Waals surface area contributed by atoms with Gasteiger partial charge in [0, 0.05) is 51.1 Å². The van der Waals surface area contributed by atoms with Crippen LogP contribution in [0.5, 0.6) is 0 Å². The Morgan fingerprint density at radius 3 is 2.67 bits per heavy atom. The van der Waals surface area contributed by atoms with Gasteiger partial charge in [0.05, 0.1) is 18.3 Å². The molecular weight excluding hydrogens is 308 g/mol. The molecule has 1 amide bonds.